The van der Waals surface area contributed by atoms with Gasteiger partial charge in [0.05, 0.1) is 17.1 Å². The number of phenols is 1. The molecule has 0 fully saturated rings. The molecule has 1 amide bonds. The molecule has 1 unspecified atom stereocenters. The molecule has 0 radical (unpaired) electrons. The topological polar surface area (TPSA) is 66.8 Å². The van der Waals surface area contributed by atoms with E-state index in [2.05, 4.69) is 0 Å². The molecule has 4 rings (SSSR count). The number of ketones is 1. The van der Waals surface area contributed by atoms with E-state index < -0.39 is 17.4 Å². The van der Waals surface area contributed by atoms with Crippen molar-refractivity contribution in [2.75, 3.05) is 0 Å². The fourth-order valence-corrected chi connectivity index (χ4v) is 4.11. The first-order chi connectivity index (χ1) is 12.8. The lowest BCUT2D eigenvalue weighted by atomic mass is 10.0. The van der Waals surface area contributed by atoms with E-state index >= 15 is 0 Å². The Bertz CT molecular complexity index is 1030. The number of nitrogens with zero attached hydrogens (tertiary/aromatic N) is 1. The molecule has 2 aliphatic heterocycles. The number of Topliss-reactive ketones (excluding diaryl/α,β-unsaturated/α-hetero) is 1. The van der Waals surface area contributed by atoms with Gasteiger partial charge in [-0.25, -0.2) is 0 Å². The smallest absolute Gasteiger partial charge is 0.288 e. The molecule has 27 heavy (non-hydrogen) atoms. The molecule has 1 N–H and O–H groups in total. The molecule has 5 nitrogen and oxygen atoms in total. The predicted molar refractivity (Wildman–Crippen MR) is 101 cm³/mol. The number of aromatic hydroxyl groups is 1. The molecule has 2 heterocycles. The Hall–Kier alpha value is -2.21. The van der Waals surface area contributed by atoms with Gasteiger partial charge in [-0.05, 0) is 18.6 Å². The van der Waals surface area contributed by atoms with Gasteiger partial charge in [-0.1, -0.05) is 65.1 Å². The fraction of sp³-hybridized carbons (Fsp3) is 0.158. The van der Waals surface area contributed by atoms with Gasteiger partial charge >= 0.3 is 0 Å². The number of fused-ring (bicyclic) bond motifs is 1. The maximum atomic E-state index is 13.3. The second kappa shape index (κ2) is 6.16. The standard InChI is InChI=1S/C19H12Cl3NO4/c1-9-14(24)12(20)7-11-15(9)27-19(17(11)25)16(22)13(21)18(26)23(19)8-10-5-3-2-4-6-10/h2-7,24H,8H2,1H3. The lowest BCUT2D eigenvalue weighted by Gasteiger charge is -2.33. The van der Waals surface area contributed by atoms with Crippen LogP contribution in [0.1, 0.15) is 21.5 Å². The second-order valence-corrected chi connectivity index (χ2v) is 7.45. The maximum Gasteiger partial charge on any atom is 0.288 e. The van der Waals surface area contributed by atoms with Crippen LogP contribution >= 0.6 is 34.8 Å². The number of hydrogen-bond acceptors (Lipinski definition) is 4. The Morgan fingerprint density at radius 1 is 1.15 bits per heavy atom. The molecule has 2 aromatic carbocycles. The molecular formula is C19H12Cl3NO4. The number of ether oxygens (including phenoxy) is 1. The molecule has 0 aromatic heterocycles. The molecule has 138 valence electrons. The largest absolute Gasteiger partial charge is 0.506 e. The molecule has 0 bridgehead atoms. The molecule has 1 atom stereocenters. The minimum atomic E-state index is -1.91. The van der Waals surface area contributed by atoms with Crippen molar-refractivity contribution in [3.63, 3.8) is 0 Å². The monoisotopic (exact) mass is 423 g/mol. The average molecular weight is 425 g/mol. The molecule has 0 aliphatic carbocycles. The summed E-state index contributed by atoms with van der Waals surface area (Å²) in [6, 6.07) is 10.4. The highest BCUT2D eigenvalue weighted by atomic mass is 35.5. The molecular weight excluding hydrogens is 413 g/mol. The molecule has 2 aliphatic rings. The summed E-state index contributed by atoms with van der Waals surface area (Å²) in [6.07, 6.45) is 0. The quantitative estimate of drug-likeness (QED) is 0.778. The van der Waals surface area contributed by atoms with E-state index in [1.807, 2.05) is 30.3 Å². The van der Waals surface area contributed by atoms with Crippen LogP contribution < -0.4 is 4.74 Å². The summed E-state index contributed by atoms with van der Waals surface area (Å²) in [4.78, 5) is 27.2. The minimum absolute atomic E-state index is 0.00498. The zero-order valence-electron chi connectivity index (χ0n) is 13.9. The highest BCUT2D eigenvalue weighted by Gasteiger charge is 2.63. The van der Waals surface area contributed by atoms with Crippen LogP contribution in [0, 0.1) is 6.92 Å². The summed E-state index contributed by atoms with van der Waals surface area (Å²) in [7, 11) is 0. The van der Waals surface area contributed by atoms with Crippen molar-refractivity contribution in [2.45, 2.75) is 19.2 Å². The molecule has 0 saturated carbocycles. The highest BCUT2D eigenvalue weighted by Crippen LogP contribution is 2.52. The van der Waals surface area contributed by atoms with Crippen LogP contribution in [0.5, 0.6) is 11.5 Å². The van der Waals surface area contributed by atoms with Gasteiger partial charge in [0.25, 0.3) is 11.6 Å². The predicted octanol–water partition coefficient (Wildman–Crippen LogP) is 4.36. The maximum absolute atomic E-state index is 13.3. The van der Waals surface area contributed by atoms with Crippen molar-refractivity contribution in [1.29, 1.82) is 0 Å². The van der Waals surface area contributed by atoms with Crippen molar-refractivity contribution < 1.29 is 19.4 Å². The lowest BCUT2D eigenvalue weighted by Crippen LogP contribution is -2.54. The van der Waals surface area contributed by atoms with Crippen LogP contribution in [-0.4, -0.2) is 27.4 Å². The number of phenolic OH excluding ortho intramolecular Hbond substituents is 1. The van der Waals surface area contributed by atoms with E-state index in [0.717, 1.165) is 5.56 Å². The Morgan fingerprint density at radius 2 is 1.81 bits per heavy atom. The van der Waals surface area contributed by atoms with Crippen LogP contribution in [-0.2, 0) is 11.3 Å². The summed E-state index contributed by atoms with van der Waals surface area (Å²) in [5, 5.41) is 9.61. The van der Waals surface area contributed by atoms with Crippen LogP contribution in [0.15, 0.2) is 46.5 Å². The molecule has 2 aromatic rings. The first-order valence-corrected chi connectivity index (χ1v) is 9.10. The Labute approximate surface area is 169 Å². The third kappa shape index (κ3) is 2.39. The SMILES string of the molecule is Cc1c(O)c(Cl)cc2c1OC1(C2=O)C(Cl)=C(Cl)C(=O)N1Cc1ccccc1. The normalized spacial score (nSPS) is 21.3. The number of halogens is 3. The summed E-state index contributed by atoms with van der Waals surface area (Å²) < 4.78 is 5.93. The first kappa shape index (κ1) is 18.2. The first-order valence-electron chi connectivity index (χ1n) is 7.96. The summed E-state index contributed by atoms with van der Waals surface area (Å²) in [6.45, 7) is 1.62. The zero-order valence-corrected chi connectivity index (χ0v) is 16.2. The molecule has 0 saturated heterocycles. The van der Waals surface area contributed by atoms with Crippen molar-refractivity contribution in [3.8, 4) is 11.5 Å². The Morgan fingerprint density at radius 3 is 2.48 bits per heavy atom. The van der Waals surface area contributed by atoms with Crippen LogP contribution in [0.4, 0.5) is 0 Å². The van der Waals surface area contributed by atoms with E-state index in [1.54, 1.807) is 6.92 Å². The van der Waals surface area contributed by atoms with Crippen molar-refractivity contribution in [3.05, 3.63) is 68.2 Å². The Balaban J connectivity index is 1.87. The number of hydrogen-bond donors (Lipinski definition) is 1. The van der Waals surface area contributed by atoms with Gasteiger partial charge in [-0.15, -0.1) is 0 Å². The van der Waals surface area contributed by atoms with Gasteiger partial charge in [0.2, 0.25) is 5.78 Å². The van der Waals surface area contributed by atoms with Crippen LogP contribution in [0.25, 0.3) is 0 Å². The average Bonchev–Trinajstić information content (AvgIpc) is 3.05. The zero-order chi connectivity index (χ0) is 19.5. The van der Waals surface area contributed by atoms with E-state index in [4.69, 9.17) is 39.5 Å². The van der Waals surface area contributed by atoms with Gasteiger partial charge in [-0.2, -0.15) is 0 Å². The molecule has 1 spiro atoms. The minimum Gasteiger partial charge on any atom is -0.506 e. The third-order valence-corrected chi connectivity index (χ3v) is 5.91. The number of rotatable bonds is 2. The summed E-state index contributed by atoms with van der Waals surface area (Å²) >= 11 is 18.5. The van der Waals surface area contributed by atoms with E-state index in [0.29, 0.717) is 0 Å². The van der Waals surface area contributed by atoms with E-state index in [-0.39, 0.29) is 44.3 Å². The number of carbonyl (C=O) groups excluding carboxylic acids is 2. The van der Waals surface area contributed by atoms with Gasteiger partial charge in [-0.3, -0.25) is 14.5 Å². The van der Waals surface area contributed by atoms with E-state index in [9.17, 15) is 14.7 Å². The van der Waals surface area contributed by atoms with Gasteiger partial charge in [0.15, 0.2) is 0 Å². The van der Waals surface area contributed by atoms with Crippen molar-refractivity contribution >= 4 is 46.5 Å². The summed E-state index contributed by atoms with van der Waals surface area (Å²) in [5.41, 5.74) is -0.727. The third-order valence-electron chi connectivity index (χ3n) is 4.73. The van der Waals surface area contributed by atoms with Crippen molar-refractivity contribution in [2.24, 2.45) is 0 Å². The number of amides is 1. The highest BCUT2D eigenvalue weighted by molar-refractivity contribution is 6.51. The Kier molecular flexibility index (Phi) is 4.14. The van der Waals surface area contributed by atoms with Gasteiger partial charge in [0.1, 0.15) is 21.6 Å². The fourth-order valence-electron chi connectivity index (χ4n) is 3.32. The van der Waals surface area contributed by atoms with Gasteiger partial charge in [0, 0.05) is 5.56 Å². The molecule has 8 heteroatoms. The van der Waals surface area contributed by atoms with Crippen LogP contribution in [0.2, 0.25) is 5.02 Å². The number of benzene rings is 2. The lowest BCUT2D eigenvalue weighted by molar-refractivity contribution is -0.135. The second-order valence-electron chi connectivity index (χ2n) is 6.29. The van der Waals surface area contributed by atoms with Gasteiger partial charge < -0.3 is 9.84 Å². The van der Waals surface area contributed by atoms with E-state index in [1.165, 1.54) is 11.0 Å². The summed E-state index contributed by atoms with van der Waals surface area (Å²) in [5.74, 6) is -1.25. The van der Waals surface area contributed by atoms with Crippen LogP contribution in [0.3, 0.4) is 0 Å². The van der Waals surface area contributed by atoms with Crippen molar-refractivity contribution in [1.82, 2.24) is 4.90 Å². The number of carbonyl (C=O) groups is 2.